The molecular formula is C23H28ClFN2O2S. The van der Waals surface area contributed by atoms with Gasteiger partial charge in [0, 0.05) is 38.6 Å². The molecule has 1 amide bonds. The summed E-state index contributed by atoms with van der Waals surface area (Å²) in [6.45, 7) is 3.06. The van der Waals surface area contributed by atoms with Crippen LogP contribution in [0.2, 0.25) is 4.34 Å². The molecular weight excluding hydrogens is 423 g/mol. The van der Waals surface area contributed by atoms with Crippen molar-refractivity contribution in [1.29, 1.82) is 0 Å². The summed E-state index contributed by atoms with van der Waals surface area (Å²) in [4.78, 5) is 18.1. The van der Waals surface area contributed by atoms with Crippen molar-refractivity contribution in [1.82, 2.24) is 9.80 Å². The van der Waals surface area contributed by atoms with E-state index in [2.05, 4.69) is 11.0 Å². The normalized spacial score (nSPS) is 19.5. The van der Waals surface area contributed by atoms with Crippen molar-refractivity contribution in [2.24, 2.45) is 5.92 Å². The molecule has 1 aromatic heterocycles. The van der Waals surface area contributed by atoms with Gasteiger partial charge in [-0.15, -0.1) is 11.3 Å². The van der Waals surface area contributed by atoms with E-state index in [0.29, 0.717) is 18.5 Å². The first-order valence-corrected chi connectivity index (χ1v) is 11.7. The molecule has 1 aromatic carbocycles. The molecule has 2 aliphatic rings. The SMILES string of the molecule is CN(C)C(=O)[C@@H](Cc1ccccc1F)CN1CCC2(CC1)OCCc1cc(Cl)sc12. The molecule has 2 aromatic rings. The van der Waals surface area contributed by atoms with Gasteiger partial charge >= 0.3 is 0 Å². The number of ether oxygens (including phenoxy) is 1. The zero-order valence-corrected chi connectivity index (χ0v) is 19.1. The smallest absolute Gasteiger partial charge is 0.226 e. The second kappa shape index (κ2) is 8.95. The Morgan fingerprint density at radius 1 is 1.33 bits per heavy atom. The van der Waals surface area contributed by atoms with Gasteiger partial charge in [-0.25, -0.2) is 4.39 Å². The Balaban J connectivity index is 1.45. The second-order valence-electron chi connectivity index (χ2n) is 8.52. The first kappa shape index (κ1) is 21.8. The monoisotopic (exact) mass is 450 g/mol. The van der Waals surface area contributed by atoms with Crippen LogP contribution in [0, 0.1) is 11.7 Å². The minimum Gasteiger partial charge on any atom is -0.369 e. The Morgan fingerprint density at radius 3 is 2.77 bits per heavy atom. The lowest BCUT2D eigenvalue weighted by Gasteiger charge is -2.44. The van der Waals surface area contributed by atoms with Gasteiger partial charge in [-0.1, -0.05) is 29.8 Å². The number of benzene rings is 1. The maximum Gasteiger partial charge on any atom is 0.226 e. The number of rotatable bonds is 5. The van der Waals surface area contributed by atoms with Crippen LogP contribution >= 0.6 is 22.9 Å². The quantitative estimate of drug-likeness (QED) is 0.678. The number of hydrogen-bond donors (Lipinski definition) is 0. The van der Waals surface area contributed by atoms with Crippen molar-refractivity contribution in [3.8, 4) is 0 Å². The molecule has 3 heterocycles. The van der Waals surface area contributed by atoms with Crippen LogP contribution in [0.25, 0.3) is 0 Å². The summed E-state index contributed by atoms with van der Waals surface area (Å²) < 4.78 is 21.3. The van der Waals surface area contributed by atoms with Crippen molar-refractivity contribution >= 4 is 28.8 Å². The first-order valence-electron chi connectivity index (χ1n) is 10.5. The Bertz CT molecular complexity index is 908. The summed E-state index contributed by atoms with van der Waals surface area (Å²) in [6.07, 6.45) is 3.11. The third-order valence-electron chi connectivity index (χ3n) is 6.30. The molecule has 0 unspecified atom stereocenters. The van der Waals surface area contributed by atoms with Crippen LogP contribution in [0.1, 0.15) is 28.8 Å². The number of piperidine rings is 1. The molecule has 0 N–H and O–H groups in total. The number of carbonyl (C=O) groups excluding carboxylic acids is 1. The van der Waals surface area contributed by atoms with Crippen LogP contribution in [0.15, 0.2) is 30.3 Å². The summed E-state index contributed by atoms with van der Waals surface area (Å²) in [5, 5.41) is 0. The van der Waals surface area contributed by atoms with Gasteiger partial charge in [-0.05, 0) is 48.9 Å². The zero-order chi connectivity index (χ0) is 21.3. The molecule has 1 atom stereocenters. The van der Waals surface area contributed by atoms with Gasteiger partial charge in [-0.2, -0.15) is 0 Å². The van der Waals surface area contributed by atoms with Gasteiger partial charge in [-0.3, -0.25) is 4.79 Å². The third-order valence-corrected chi connectivity index (χ3v) is 7.79. The highest BCUT2D eigenvalue weighted by atomic mass is 35.5. The minimum atomic E-state index is -0.273. The van der Waals surface area contributed by atoms with E-state index in [4.69, 9.17) is 16.3 Å². The van der Waals surface area contributed by atoms with Gasteiger partial charge in [0.1, 0.15) is 11.4 Å². The molecule has 1 spiro atoms. The van der Waals surface area contributed by atoms with E-state index in [1.807, 2.05) is 6.07 Å². The van der Waals surface area contributed by atoms with Crippen LogP contribution in [0.4, 0.5) is 4.39 Å². The highest BCUT2D eigenvalue weighted by molar-refractivity contribution is 7.16. The average Bonchev–Trinajstić information content (AvgIpc) is 3.12. The molecule has 1 saturated heterocycles. The lowest BCUT2D eigenvalue weighted by Crippen LogP contribution is -2.48. The Hall–Kier alpha value is -1.47. The highest BCUT2D eigenvalue weighted by Gasteiger charge is 2.42. The van der Waals surface area contributed by atoms with Crippen molar-refractivity contribution < 1.29 is 13.9 Å². The summed E-state index contributed by atoms with van der Waals surface area (Å²) in [5.41, 5.74) is 1.68. The summed E-state index contributed by atoms with van der Waals surface area (Å²) in [6, 6.07) is 8.82. The number of amides is 1. The lowest BCUT2D eigenvalue weighted by atomic mass is 9.85. The predicted octanol–water partition coefficient (Wildman–Crippen LogP) is 4.35. The molecule has 2 aliphatic heterocycles. The lowest BCUT2D eigenvalue weighted by molar-refractivity contribution is -0.134. The largest absolute Gasteiger partial charge is 0.369 e. The van der Waals surface area contributed by atoms with Crippen LogP contribution in [-0.4, -0.2) is 56.0 Å². The van der Waals surface area contributed by atoms with E-state index in [1.165, 1.54) is 16.5 Å². The van der Waals surface area contributed by atoms with E-state index < -0.39 is 0 Å². The summed E-state index contributed by atoms with van der Waals surface area (Å²) >= 11 is 7.93. The van der Waals surface area contributed by atoms with Crippen molar-refractivity contribution in [2.75, 3.05) is 40.3 Å². The molecule has 0 bridgehead atoms. The number of carbonyl (C=O) groups is 1. The number of likely N-dealkylation sites (tertiary alicyclic amines) is 1. The Labute approximate surface area is 186 Å². The van der Waals surface area contributed by atoms with Crippen molar-refractivity contribution in [3.05, 3.63) is 56.5 Å². The summed E-state index contributed by atoms with van der Waals surface area (Å²) in [7, 11) is 3.53. The summed E-state index contributed by atoms with van der Waals surface area (Å²) in [5.74, 6) is -0.478. The number of nitrogens with zero attached hydrogens (tertiary/aromatic N) is 2. The molecule has 30 heavy (non-hydrogen) atoms. The van der Waals surface area contributed by atoms with Crippen LogP contribution in [-0.2, 0) is 28.0 Å². The van der Waals surface area contributed by atoms with E-state index in [1.54, 1.807) is 42.5 Å². The fourth-order valence-electron chi connectivity index (χ4n) is 4.69. The van der Waals surface area contributed by atoms with Crippen molar-refractivity contribution in [3.63, 3.8) is 0 Å². The molecule has 0 radical (unpaired) electrons. The van der Waals surface area contributed by atoms with Gasteiger partial charge < -0.3 is 14.5 Å². The number of fused-ring (bicyclic) bond motifs is 2. The van der Waals surface area contributed by atoms with Crippen LogP contribution < -0.4 is 0 Å². The Morgan fingerprint density at radius 2 is 2.07 bits per heavy atom. The molecule has 4 rings (SSSR count). The van der Waals surface area contributed by atoms with Crippen molar-refractivity contribution in [2.45, 2.75) is 31.3 Å². The van der Waals surface area contributed by atoms with E-state index in [9.17, 15) is 9.18 Å². The standard InChI is InChI=1S/C23H28ClFN2O2S/c1-26(2)22(28)18(13-16-5-3-4-6-19(16)25)15-27-10-8-23(9-11-27)21-17(7-12-29-23)14-20(24)30-21/h3-6,14,18H,7-13,15H2,1-2H3/t18-/m0/s1. The molecule has 1 fully saturated rings. The highest BCUT2D eigenvalue weighted by Crippen LogP contribution is 2.46. The van der Waals surface area contributed by atoms with Gasteiger partial charge in [0.05, 0.1) is 16.9 Å². The minimum absolute atomic E-state index is 0.0415. The first-order chi connectivity index (χ1) is 14.4. The number of halogens is 2. The van der Waals surface area contributed by atoms with Crippen LogP contribution in [0.3, 0.4) is 0 Å². The van der Waals surface area contributed by atoms with E-state index in [0.717, 1.165) is 43.3 Å². The van der Waals surface area contributed by atoms with Gasteiger partial charge in [0.15, 0.2) is 0 Å². The second-order valence-corrected chi connectivity index (χ2v) is 10.2. The van der Waals surface area contributed by atoms with E-state index >= 15 is 0 Å². The maximum absolute atomic E-state index is 14.2. The van der Waals surface area contributed by atoms with E-state index in [-0.39, 0.29) is 23.2 Å². The molecule has 7 heteroatoms. The number of thiophene rings is 1. The molecule has 0 aliphatic carbocycles. The number of hydrogen-bond acceptors (Lipinski definition) is 4. The van der Waals surface area contributed by atoms with Gasteiger partial charge in [0.2, 0.25) is 5.91 Å². The average molecular weight is 451 g/mol. The third kappa shape index (κ3) is 4.42. The maximum atomic E-state index is 14.2. The predicted molar refractivity (Wildman–Crippen MR) is 119 cm³/mol. The Kier molecular flexibility index (Phi) is 6.49. The van der Waals surface area contributed by atoms with Gasteiger partial charge in [0.25, 0.3) is 0 Å². The van der Waals surface area contributed by atoms with Crippen LogP contribution in [0.5, 0.6) is 0 Å². The molecule has 0 saturated carbocycles. The fourth-order valence-corrected chi connectivity index (χ4v) is 6.19. The molecule has 162 valence electrons. The molecule has 4 nitrogen and oxygen atoms in total. The topological polar surface area (TPSA) is 32.8 Å². The fraction of sp³-hybridized carbons (Fsp3) is 0.522. The zero-order valence-electron chi connectivity index (χ0n) is 17.5.